The van der Waals surface area contributed by atoms with Gasteiger partial charge in [-0.2, -0.15) is 0 Å². The molecular formula is C13H22N4O3. The maximum absolute atomic E-state index is 12.1. The van der Waals surface area contributed by atoms with Gasteiger partial charge in [0.25, 0.3) is 5.91 Å². The van der Waals surface area contributed by atoms with E-state index in [4.69, 9.17) is 0 Å². The van der Waals surface area contributed by atoms with Gasteiger partial charge in [0.15, 0.2) is 5.69 Å². The van der Waals surface area contributed by atoms with E-state index in [-0.39, 0.29) is 23.5 Å². The van der Waals surface area contributed by atoms with Crippen LogP contribution in [0.2, 0.25) is 0 Å². The first-order valence-electron chi connectivity index (χ1n) is 6.58. The van der Waals surface area contributed by atoms with Gasteiger partial charge in [0.05, 0.1) is 0 Å². The van der Waals surface area contributed by atoms with Crippen LogP contribution in [0.3, 0.4) is 0 Å². The molecule has 0 fully saturated rings. The van der Waals surface area contributed by atoms with Crippen LogP contribution >= 0.6 is 0 Å². The first kappa shape index (κ1) is 16.2. The van der Waals surface area contributed by atoms with Crippen LogP contribution in [-0.4, -0.2) is 47.4 Å². The molecule has 1 aromatic rings. The van der Waals surface area contributed by atoms with Crippen molar-refractivity contribution in [1.82, 2.24) is 15.2 Å². The number of nitro groups is 1. The second-order valence-corrected chi connectivity index (χ2v) is 5.58. The minimum absolute atomic E-state index is 0.0138. The lowest BCUT2D eigenvalue weighted by Crippen LogP contribution is -2.42. The van der Waals surface area contributed by atoms with E-state index in [0.717, 1.165) is 13.0 Å². The van der Waals surface area contributed by atoms with Crippen molar-refractivity contribution in [2.45, 2.75) is 26.3 Å². The van der Waals surface area contributed by atoms with E-state index in [0.29, 0.717) is 5.92 Å². The van der Waals surface area contributed by atoms with Crippen LogP contribution < -0.4 is 5.32 Å². The molecule has 7 heteroatoms. The van der Waals surface area contributed by atoms with Crippen molar-refractivity contribution in [3.63, 3.8) is 0 Å². The normalized spacial score (nSPS) is 12.7. The number of carbonyl (C=O) groups is 1. The highest BCUT2D eigenvalue weighted by Gasteiger charge is 2.20. The summed E-state index contributed by atoms with van der Waals surface area (Å²) in [4.78, 5) is 26.6. The van der Waals surface area contributed by atoms with E-state index in [9.17, 15) is 14.9 Å². The number of H-pyrrole nitrogens is 1. The predicted molar refractivity (Wildman–Crippen MR) is 76.7 cm³/mol. The fourth-order valence-electron chi connectivity index (χ4n) is 2.07. The minimum Gasteiger partial charge on any atom is -0.358 e. The SMILES string of the molecule is CC(C)C[C@@H](CN(C)C)NC(=O)c1ccc([N+](=O)[O-])[nH]1. The van der Waals surface area contributed by atoms with E-state index >= 15 is 0 Å². The Balaban J connectivity index is 2.70. The minimum atomic E-state index is -0.553. The van der Waals surface area contributed by atoms with Crippen molar-refractivity contribution in [3.05, 3.63) is 27.9 Å². The average Bonchev–Trinajstić information content (AvgIpc) is 2.75. The predicted octanol–water partition coefficient (Wildman–Crippen LogP) is 1.63. The van der Waals surface area contributed by atoms with Crippen LogP contribution in [0.25, 0.3) is 0 Å². The monoisotopic (exact) mass is 282 g/mol. The first-order valence-corrected chi connectivity index (χ1v) is 6.58. The van der Waals surface area contributed by atoms with Crippen LogP contribution in [0.4, 0.5) is 5.82 Å². The third kappa shape index (κ3) is 5.00. The number of likely N-dealkylation sites (N-methyl/N-ethyl adjacent to an activating group) is 1. The molecule has 0 saturated heterocycles. The van der Waals surface area contributed by atoms with E-state index in [1.54, 1.807) is 0 Å². The Morgan fingerprint density at radius 3 is 2.55 bits per heavy atom. The van der Waals surface area contributed by atoms with Crippen LogP contribution in [0, 0.1) is 16.0 Å². The molecule has 0 radical (unpaired) electrons. The molecule has 1 atom stereocenters. The maximum atomic E-state index is 12.1. The summed E-state index contributed by atoms with van der Waals surface area (Å²) in [5.74, 6) is -0.0352. The summed E-state index contributed by atoms with van der Waals surface area (Å²) < 4.78 is 0. The van der Waals surface area contributed by atoms with Crippen molar-refractivity contribution >= 4 is 11.7 Å². The van der Waals surface area contributed by atoms with Crippen molar-refractivity contribution in [2.75, 3.05) is 20.6 Å². The Bertz CT molecular complexity index is 458. The number of hydrogen-bond acceptors (Lipinski definition) is 4. The summed E-state index contributed by atoms with van der Waals surface area (Å²) in [5, 5.41) is 13.5. The van der Waals surface area contributed by atoms with Gasteiger partial charge in [0, 0.05) is 18.7 Å². The molecule has 1 amide bonds. The molecule has 0 aliphatic heterocycles. The molecule has 0 aromatic carbocycles. The summed E-state index contributed by atoms with van der Waals surface area (Å²) in [6.45, 7) is 4.91. The Kier molecular flexibility index (Phi) is 5.69. The molecule has 112 valence electrons. The van der Waals surface area contributed by atoms with E-state index in [2.05, 4.69) is 24.1 Å². The molecule has 0 saturated carbocycles. The number of carbonyl (C=O) groups excluding carboxylic acids is 1. The Morgan fingerprint density at radius 1 is 1.45 bits per heavy atom. The Morgan fingerprint density at radius 2 is 2.10 bits per heavy atom. The van der Waals surface area contributed by atoms with Gasteiger partial charge >= 0.3 is 5.82 Å². The van der Waals surface area contributed by atoms with Gasteiger partial charge in [0.2, 0.25) is 0 Å². The number of aromatic amines is 1. The molecule has 0 aliphatic rings. The molecule has 0 aliphatic carbocycles. The second kappa shape index (κ2) is 7.04. The first-order chi connectivity index (χ1) is 9.29. The summed E-state index contributed by atoms with van der Waals surface area (Å²) in [5.41, 5.74) is 0.212. The van der Waals surface area contributed by atoms with Crippen molar-refractivity contribution < 1.29 is 9.72 Å². The molecule has 1 rings (SSSR count). The number of rotatable bonds is 7. The lowest BCUT2D eigenvalue weighted by molar-refractivity contribution is -0.389. The van der Waals surface area contributed by atoms with Gasteiger partial charge in [-0.25, -0.2) is 4.98 Å². The molecule has 20 heavy (non-hydrogen) atoms. The highest BCUT2D eigenvalue weighted by atomic mass is 16.6. The third-order valence-corrected chi connectivity index (χ3v) is 2.79. The summed E-state index contributed by atoms with van der Waals surface area (Å²) in [6, 6.07) is 2.73. The zero-order chi connectivity index (χ0) is 15.3. The van der Waals surface area contributed by atoms with Gasteiger partial charge in [-0.15, -0.1) is 0 Å². The largest absolute Gasteiger partial charge is 0.358 e. The summed E-state index contributed by atoms with van der Waals surface area (Å²) >= 11 is 0. The zero-order valence-corrected chi connectivity index (χ0v) is 12.3. The molecular weight excluding hydrogens is 260 g/mol. The molecule has 0 spiro atoms. The van der Waals surface area contributed by atoms with Crippen LogP contribution in [0.5, 0.6) is 0 Å². The second-order valence-electron chi connectivity index (χ2n) is 5.58. The van der Waals surface area contributed by atoms with Crippen molar-refractivity contribution in [2.24, 2.45) is 5.92 Å². The van der Waals surface area contributed by atoms with Crippen LogP contribution in [-0.2, 0) is 0 Å². The number of amides is 1. The van der Waals surface area contributed by atoms with Crippen molar-refractivity contribution in [3.8, 4) is 0 Å². The standard InChI is InChI=1S/C13H22N4O3/c1-9(2)7-10(8-16(3)4)14-13(18)11-5-6-12(15-11)17(19)20/h5-6,9-10,15H,7-8H2,1-4H3,(H,14,18)/t10-/m0/s1. The maximum Gasteiger partial charge on any atom is 0.321 e. The van der Waals surface area contributed by atoms with E-state index in [1.165, 1.54) is 12.1 Å². The Hall–Kier alpha value is -1.89. The highest BCUT2D eigenvalue weighted by Crippen LogP contribution is 2.11. The molecule has 1 heterocycles. The molecule has 0 bridgehead atoms. The Labute approximate surface area is 118 Å². The fourth-order valence-corrected chi connectivity index (χ4v) is 2.07. The van der Waals surface area contributed by atoms with Gasteiger partial charge in [-0.1, -0.05) is 13.8 Å². The number of nitrogens with zero attached hydrogens (tertiary/aromatic N) is 2. The fraction of sp³-hybridized carbons (Fsp3) is 0.615. The van der Waals surface area contributed by atoms with Gasteiger partial charge < -0.3 is 20.3 Å². The number of hydrogen-bond donors (Lipinski definition) is 2. The van der Waals surface area contributed by atoms with E-state index < -0.39 is 4.92 Å². The molecule has 0 unspecified atom stereocenters. The zero-order valence-electron chi connectivity index (χ0n) is 12.3. The van der Waals surface area contributed by atoms with Gasteiger partial charge in [0.1, 0.15) is 0 Å². The lowest BCUT2D eigenvalue weighted by atomic mass is 10.0. The van der Waals surface area contributed by atoms with Gasteiger partial charge in [-0.3, -0.25) is 4.79 Å². The number of nitrogens with one attached hydrogen (secondary N) is 2. The molecule has 7 nitrogen and oxygen atoms in total. The molecule has 2 N–H and O–H groups in total. The smallest absolute Gasteiger partial charge is 0.321 e. The quantitative estimate of drug-likeness (QED) is 0.587. The van der Waals surface area contributed by atoms with Crippen LogP contribution in [0.1, 0.15) is 30.8 Å². The molecule has 1 aromatic heterocycles. The summed E-state index contributed by atoms with van der Waals surface area (Å²) in [7, 11) is 3.89. The number of aromatic nitrogens is 1. The van der Waals surface area contributed by atoms with Crippen molar-refractivity contribution in [1.29, 1.82) is 0 Å². The van der Waals surface area contributed by atoms with Gasteiger partial charge in [-0.05, 0) is 37.4 Å². The topological polar surface area (TPSA) is 91.3 Å². The van der Waals surface area contributed by atoms with E-state index in [1.807, 2.05) is 19.0 Å². The van der Waals surface area contributed by atoms with Crippen LogP contribution in [0.15, 0.2) is 12.1 Å². The average molecular weight is 282 g/mol. The summed E-state index contributed by atoms with van der Waals surface area (Å²) in [6.07, 6.45) is 0.854. The third-order valence-electron chi connectivity index (χ3n) is 2.79. The highest BCUT2D eigenvalue weighted by molar-refractivity contribution is 5.93. The lowest BCUT2D eigenvalue weighted by Gasteiger charge is -2.23.